The van der Waals surface area contributed by atoms with Gasteiger partial charge in [-0.05, 0) is 42.5 Å². The van der Waals surface area contributed by atoms with Crippen LogP contribution in [-0.4, -0.2) is 31.4 Å². The van der Waals surface area contributed by atoms with Crippen molar-refractivity contribution in [2.45, 2.75) is 6.92 Å². The fraction of sp³-hybridized carbons (Fsp3) is 0.167. The zero-order valence-corrected chi connectivity index (χ0v) is 13.8. The van der Waals surface area contributed by atoms with Crippen LogP contribution in [0.25, 0.3) is 0 Å². The highest BCUT2D eigenvalue weighted by Gasteiger charge is 2.16. The maximum Gasteiger partial charge on any atom is 0.337 e. The molecule has 0 aliphatic carbocycles. The molecule has 0 saturated carbocycles. The number of hydrogen-bond acceptors (Lipinski definition) is 4. The minimum absolute atomic E-state index is 0.266. The Morgan fingerprint density at radius 3 is 2.36 bits per heavy atom. The number of esters is 1. The number of carbonyl (C=O) groups excluding carboxylic acids is 3. The van der Waals surface area contributed by atoms with Crippen molar-refractivity contribution < 1.29 is 23.5 Å². The lowest BCUT2D eigenvalue weighted by Crippen LogP contribution is -2.36. The van der Waals surface area contributed by atoms with Gasteiger partial charge in [-0.1, -0.05) is 6.07 Å². The number of ether oxygens (including phenoxy) is 1. The van der Waals surface area contributed by atoms with Crippen LogP contribution < -0.4 is 10.2 Å². The molecule has 0 radical (unpaired) electrons. The molecule has 2 amide bonds. The average molecular weight is 344 g/mol. The lowest BCUT2D eigenvalue weighted by molar-refractivity contribution is -0.120. The van der Waals surface area contributed by atoms with Gasteiger partial charge < -0.3 is 15.0 Å². The van der Waals surface area contributed by atoms with Crippen molar-refractivity contribution in [2.75, 3.05) is 23.9 Å². The van der Waals surface area contributed by atoms with E-state index in [1.54, 1.807) is 18.2 Å². The Bertz CT molecular complexity index is 790. The van der Waals surface area contributed by atoms with E-state index in [1.165, 1.54) is 49.3 Å². The number of methoxy groups -OCH3 is 1. The summed E-state index contributed by atoms with van der Waals surface area (Å²) in [6.07, 6.45) is 0. The molecular weight excluding hydrogens is 327 g/mol. The second kappa shape index (κ2) is 8.05. The van der Waals surface area contributed by atoms with E-state index < -0.39 is 17.7 Å². The highest BCUT2D eigenvalue weighted by molar-refractivity contribution is 6.02. The monoisotopic (exact) mass is 344 g/mol. The molecule has 0 aromatic heterocycles. The zero-order valence-electron chi connectivity index (χ0n) is 13.8. The Hall–Kier alpha value is -3.22. The number of nitrogens with one attached hydrogen (secondary N) is 1. The maximum absolute atomic E-state index is 13.3. The summed E-state index contributed by atoms with van der Waals surface area (Å²) in [5, 5.41) is 2.62. The summed E-state index contributed by atoms with van der Waals surface area (Å²) in [5.41, 5.74) is 1.11. The molecule has 0 fully saturated rings. The van der Waals surface area contributed by atoms with Crippen LogP contribution in [-0.2, 0) is 14.3 Å². The predicted octanol–water partition coefficient (Wildman–Crippen LogP) is 2.60. The van der Waals surface area contributed by atoms with E-state index in [1.807, 2.05) is 0 Å². The van der Waals surface area contributed by atoms with Crippen molar-refractivity contribution in [1.29, 1.82) is 0 Å². The second-order valence-electron chi connectivity index (χ2n) is 5.20. The number of anilines is 2. The van der Waals surface area contributed by atoms with Crippen LogP contribution in [0.1, 0.15) is 17.3 Å². The number of benzene rings is 2. The van der Waals surface area contributed by atoms with Gasteiger partial charge in [0.05, 0.1) is 12.7 Å². The molecule has 0 heterocycles. The molecule has 2 aromatic rings. The molecule has 6 nitrogen and oxygen atoms in total. The molecule has 7 heteroatoms. The van der Waals surface area contributed by atoms with Gasteiger partial charge in [-0.25, -0.2) is 9.18 Å². The molecule has 0 aliphatic rings. The van der Waals surface area contributed by atoms with Crippen molar-refractivity contribution >= 4 is 29.2 Å². The van der Waals surface area contributed by atoms with Gasteiger partial charge in [-0.15, -0.1) is 0 Å². The quantitative estimate of drug-likeness (QED) is 0.846. The number of rotatable bonds is 5. The van der Waals surface area contributed by atoms with Crippen molar-refractivity contribution in [1.82, 2.24) is 0 Å². The molecule has 0 aliphatic heterocycles. The zero-order chi connectivity index (χ0) is 18.4. The fourth-order valence-corrected chi connectivity index (χ4v) is 2.18. The van der Waals surface area contributed by atoms with Crippen molar-refractivity contribution in [3.05, 3.63) is 59.9 Å². The highest BCUT2D eigenvalue weighted by Crippen LogP contribution is 2.16. The minimum atomic E-state index is -0.498. The summed E-state index contributed by atoms with van der Waals surface area (Å²) < 4.78 is 17.9. The van der Waals surface area contributed by atoms with Crippen LogP contribution in [0.5, 0.6) is 0 Å². The smallest absolute Gasteiger partial charge is 0.337 e. The van der Waals surface area contributed by atoms with Crippen LogP contribution in [0.4, 0.5) is 15.8 Å². The molecule has 0 atom stereocenters. The van der Waals surface area contributed by atoms with E-state index in [0.717, 1.165) is 0 Å². The molecule has 2 rings (SSSR count). The van der Waals surface area contributed by atoms with Gasteiger partial charge in [-0.3, -0.25) is 9.59 Å². The molecule has 130 valence electrons. The molecule has 2 aromatic carbocycles. The molecule has 0 bridgehead atoms. The molecule has 25 heavy (non-hydrogen) atoms. The number of hydrogen-bond donors (Lipinski definition) is 1. The van der Waals surface area contributed by atoms with Crippen molar-refractivity contribution in [2.24, 2.45) is 0 Å². The van der Waals surface area contributed by atoms with Crippen molar-refractivity contribution in [3.8, 4) is 0 Å². The first-order chi connectivity index (χ1) is 11.9. The third-order valence-corrected chi connectivity index (χ3v) is 3.39. The largest absolute Gasteiger partial charge is 0.465 e. The predicted molar refractivity (Wildman–Crippen MR) is 90.8 cm³/mol. The summed E-state index contributed by atoms with van der Waals surface area (Å²) in [5.74, 6) is -1.82. The Morgan fingerprint density at radius 1 is 1.12 bits per heavy atom. The van der Waals surface area contributed by atoms with E-state index in [-0.39, 0.29) is 12.5 Å². The number of carbonyl (C=O) groups is 3. The van der Waals surface area contributed by atoms with E-state index in [2.05, 4.69) is 10.1 Å². The van der Waals surface area contributed by atoms with Gasteiger partial charge in [0.1, 0.15) is 12.4 Å². The van der Waals surface area contributed by atoms with Crippen molar-refractivity contribution in [3.63, 3.8) is 0 Å². The molecule has 0 spiro atoms. The van der Waals surface area contributed by atoms with Gasteiger partial charge in [0, 0.05) is 18.3 Å². The van der Waals surface area contributed by atoms with Gasteiger partial charge in [0.2, 0.25) is 11.8 Å². The Labute approximate surface area is 144 Å². The first kappa shape index (κ1) is 18.1. The lowest BCUT2D eigenvalue weighted by atomic mass is 10.2. The topological polar surface area (TPSA) is 75.7 Å². The Morgan fingerprint density at radius 2 is 1.80 bits per heavy atom. The highest BCUT2D eigenvalue weighted by atomic mass is 19.1. The van der Waals surface area contributed by atoms with Crippen LogP contribution in [0.15, 0.2) is 48.5 Å². The molecular formula is C18H17FN2O4. The normalized spacial score (nSPS) is 10.0. The number of halogens is 1. The van der Waals surface area contributed by atoms with E-state index in [9.17, 15) is 18.8 Å². The van der Waals surface area contributed by atoms with Gasteiger partial charge in [0.25, 0.3) is 0 Å². The first-order valence-electron chi connectivity index (χ1n) is 7.42. The number of amides is 2. The third-order valence-electron chi connectivity index (χ3n) is 3.39. The Balaban J connectivity index is 2.06. The van der Waals surface area contributed by atoms with Gasteiger partial charge >= 0.3 is 5.97 Å². The van der Waals surface area contributed by atoms with E-state index >= 15 is 0 Å². The van der Waals surface area contributed by atoms with E-state index in [0.29, 0.717) is 16.9 Å². The lowest BCUT2D eigenvalue weighted by Gasteiger charge is -2.20. The Kier molecular flexibility index (Phi) is 5.84. The third kappa shape index (κ3) is 4.87. The summed E-state index contributed by atoms with van der Waals surface area (Å²) in [4.78, 5) is 36.5. The second-order valence-corrected chi connectivity index (χ2v) is 5.20. The molecule has 0 saturated heterocycles. The van der Waals surface area contributed by atoms with Crippen LogP contribution in [0.3, 0.4) is 0 Å². The van der Waals surface area contributed by atoms with Crippen LogP contribution >= 0.6 is 0 Å². The molecule has 1 N–H and O–H groups in total. The van der Waals surface area contributed by atoms with Gasteiger partial charge in [-0.2, -0.15) is 0 Å². The summed E-state index contributed by atoms with van der Waals surface area (Å²) in [6, 6.07) is 11.6. The molecule has 0 unspecified atom stereocenters. The average Bonchev–Trinajstić information content (AvgIpc) is 2.59. The maximum atomic E-state index is 13.3. The minimum Gasteiger partial charge on any atom is -0.465 e. The summed E-state index contributed by atoms with van der Waals surface area (Å²) >= 11 is 0. The van der Waals surface area contributed by atoms with Crippen LogP contribution in [0.2, 0.25) is 0 Å². The van der Waals surface area contributed by atoms with E-state index in [4.69, 9.17) is 0 Å². The van der Waals surface area contributed by atoms with Gasteiger partial charge in [0.15, 0.2) is 0 Å². The standard InChI is InChI=1S/C18H17FN2O4/c1-12(22)21(16-5-3-4-14(19)10-16)11-17(23)20-15-8-6-13(7-9-15)18(24)25-2/h3-10H,11H2,1-2H3,(H,20,23). The summed E-state index contributed by atoms with van der Waals surface area (Å²) in [7, 11) is 1.28. The summed E-state index contributed by atoms with van der Waals surface area (Å²) in [6.45, 7) is 1.03. The number of nitrogens with zero attached hydrogens (tertiary/aromatic N) is 1. The van der Waals surface area contributed by atoms with Crippen LogP contribution in [0, 0.1) is 5.82 Å². The fourth-order valence-electron chi connectivity index (χ4n) is 2.18. The SMILES string of the molecule is COC(=O)c1ccc(NC(=O)CN(C(C)=O)c2cccc(F)c2)cc1. The first-order valence-corrected chi connectivity index (χ1v) is 7.42.